The fourth-order valence-electron chi connectivity index (χ4n) is 2.53. The smallest absolute Gasteiger partial charge is 0.104 e. The van der Waals surface area contributed by atoms with Crippen LogP contribution in [0.5, 0.6) is 0 Å². The summed E-state index contributed by atoms with van der Waals surface area (Å²) in [6.07, 6.45) is 3.60. The maximum atomic E-state index is 5.81. The number of ether oxygens (including phenoxy) is 3. The summed E-state index contributed by atoms with van der Waals surface area (Å²) in [5, 5.41) is 0. The molecular weight excluding hydrogens is 196 g/mol. The monoisotopic (exact) mass is 211 g/mol. The molecule has 5 atom stereocenters. The van der Waals surface area contributed by atoms with Crippen LogP contribution in [0.15, 0.2) is 0 Å². The van der Waals surface area contributed by atoms with E-state index in [9.17, 15) is 0 Å². The molecule has 2 bridgehead atoms. The van der Waals surface area contributed by atoms with E-state index in [0.717, 1.165) is 19.8 Å². The maximum Gasteiger partial charge on any atom is 0.104 e. The molecule has 3 radical (unpaired) electrons. The summed E-state index contributed by atoms with van der Waals surface area (Å²) >= 11 is 0. The van der Waals surface area contributed by atoms with Gasteiger partial charge in [-0.3, -0.25) is 0 Å². The summed E-state index contributed by atoms with van der Waals surface area (Å²) in [6, 6.07) is 0. The Morgan fingerprint density at radius 2 is 2.14 bits per heavy atom. The van der Waals surface area contributed by atoms with Crippen molar-refractivity contribution < 1.29 is 14.2 Å². The van der Waals surface area contributed by atoms with Gasteiger partial charge in [-0.2, -0.15) is 0 Å². The molecule has 14 heavy (non-hydrogen) atoms. The zero-order valence-electron chi connectivity index (χ0n) is 8.15. The second-order valence-corrected chi connectivity index (χ2v) is 5.30. The topological polar surface area (TPSA) is 31.0 Å². The number of fused-ring (bicyclic) bond motifs is 2. The van der Waals surface area contributed by atoms with Gasteiger partial charge >= 0.3 is 0 Å². The van der Waals surface area contributed by atoms with Gasteiger partial charge in [0.15, 0.2) is 0 Å². The van der Waals surface area contributed by atoms with Crippen molar-refractivity contribution in [3.05, 3.63) is 0 Å². The highest BCUT2D eigenvalue weighted by molar-refractivity contribution is 6.12. The average Bonchev–Trinajstić information content (AvgIpc) is 2.79. The Labute approximate surface area is 87.5 Å². The summed E-state index contributed by atoms with van der Waals surface area (Å²) in [7, 11) is 3.71. The molecule has 0 saturated carbocycles. The summed E-state index contributed by atoms with van der Waals surface area (Å²) in [5.41, 5.74) is 0.541. The predicted molar refractivity (Wildman–Crippen MR) is 51.4 cm³/mol. The molecule has 3 aliphatic heterocycles. The molecular formula is C10H15O3Si. The van der Waals surface area contributed by atoms with E-state index in [4.69, 9.17) is 14.2 Å². The minimum absolute atomic E-state index is 0.383. The minimum atomic E-state index is 0.383. The van der Waals surface area contributed by atoms with Gasteiger partial charge in [-0.15, -0.1) is 0 Å². The lowest BCUT2D eigenvalue weighted by molar-refractivity contribution is 0.0462. The third kappa shape index (κ3) is 1.76. The molecule has 3 saturated heterocycles. The molecule has 77 valence electrons. The summed E-state index contributed by atoms with van der Waals surface area (Å²) < 4.78 is 16.5. The second kappa shape index (κ2) is 3.59. The Bertz CT molecular complexity index is 219. The van der Waals surface area contributed by atoms with E-state index in [1.807, 2.05) is 0 Å². The first kappa shape index (κ1) is 9.33. The van der Waals surface area contributed by atoms with Gasteiger partial charge in [0.05, 0.1) is 32.0 Å². The second-order valence-electron chi connectivity index (χ2n) is 4.55. The van der Waals surface area contributed by atoms with E-state index in [0.29, 0.717) is 29.8 Å². The van der Waals surface area contributed by atoms with Crippen LogP contribution in [-0.4, -0.2) is 48.4 Å². The van der Waals surface area contributed by atoms with Gasteiger partial charge in [-0.05, 0) is 18.4 Å². The Balaban J connectivity index is 1.44. The van der Waals surface area contributed by atoms with Crippen molar-refractivity contribution in [2.24, 2.45) is 5.92 Å². The Morgan fingerprint density at radius 1 is 1.29 bits per heavy atom. The van der Waals surface area contributed by atoms with Crippen LogP contribution >= 0.6 is 0 Å². The van der Waals surface area contributed by atoms with E-state index in [1.54, 1.807) is 0 Å². The highest BCUT2D eigenvalue weighted by Gasteiger charge is 2.45. The van der Waals surface area contributed by atoms with E-state index in [-0.39, 0.29) is 0 Å². The highest BCUT2D eigenvalue weighted by atomic mass is 28.1. The third-order valence-corrected chi connectivity index (χ3v) is 3.90. The standard InChI is InChI=1S/C10H15O3Si/c14-9-2-7-1-6(10(9)13-7)3-11-4-8-5-12-8/h6-10H,1-5H2. The fourth-order valence-corrected chi connectivity index (χ4v) is 3.14. The summed E-state index contributed by atoms with van der Waals surface area (Å²) in [4.78, 5) is 0. The van der Waals surface area contributed by atoms with Crippen LogP contribution in [-0.2, 0) is 14.2 Å². The Morgan fingerprint density at radius 3 is 2.79 bits per heavy atom. The van der Waals surface area contributed by atoms with Crippen molar-refractivity contribution >= 4 is 10.2 Å². The zero-order chi connectivity index (χ0) is 9.54. The van der Waals surface area contributed by atoms with Gasteiger partial charge in [-0.25, -0.2) is 0 Å². The molecule has 0 aromatic rings. The van der Waals surface area contributed by atoms with Crippen molar-refractivity contribution in [1.29, 1.82) is 0 Å². The molecule has 3 fully saturated rings. The van der Waals surface area contributed by atoms with Crippen LogP contribution in [0.1, 0.15) is 12.8 Å². The van der Waals surface area contributed by atoms with Crippen molar-refractivity contribution in [2.45, 2.75) is 36.7 Å². The molecule has 5 unspecified atom stereocenters. The van der Waals surface area contributed by atoms with Gasteiger partial charge in [0.2, 0.25) is 0 Å². The highest BCUT2D eigenvalue weighted by Crippen LogP contribution is 2.44. The van der Waals surface area contributed by atoms with Crippen molar-refractivity contribution in [2.75, 3.05) is 19.8 Å². The lowest BCUT2D eigenvalue weighted by Gasteiger charge is -2.23. The van der Waals surface area contributed by atoms with Crippen molar-refractivity contribution in [3.63, 3.8) is 0 Å². The van der Waals surface area contributed by atoms with E-state index >= 15 is 0 Å². The Hall–Kier alpha value is 0.0969. The van der Waals surface area contributed by atoms with Crippen LogP contribution in [0.25, 0.3) is 0 Å². The molecule has 3 heterocycles. The molecule has 0 amide bonds. The average molecular weight is 211 g/mol. The van der Waals surface area contributed by atoms with Crippen LogP contribution in [0.3, 0.4) is 0 Å². The summed E-state index contributed by atoms with van der Waals surface area (Å²) in [6.45, 7) is 2.48. The molecule has 3 aliphatic rings. The zero-order valence-corrected chi connectivity index (χ0v) is 9.15. The third-order valence-electron chi connectivity index (χ3n) is 3.33. The molecule has 3 rings (SSSR count). The van der Waals surface area contributed by atoms with Gasteiger partial charge in [0, 0.05) is 16.2 Å². The van der Waals surface area contributed by atoms with E-state index < -0.39 is 0 Å². The lowest BCUT2D eigenvalue weighted by Crippen LogP contribution is -2.26. The lowest BCUT2D eigenvalue weighted by atomic mass is 9.89. The molecule has 3 nitrogen and oxygen atoms in total. The first-order valence-electron chi connectivity index (χ1n) is 5.39. The number of rotatable bonds is 4. The summed E-state index contributed by atoms with van der Waals surface area (Å²) in [5.74, 6) is 0.593. The number of hydrogen-bond acceptors (Lipinski definition) is 3. The molecule has 0 aliphatic carbocycles. The minimum Gasteiger partial charge on any atom is -0.378 e. The molecule has 0 aromatic carbocycles. The predicted octanol–water partition coefficient (Wildman–Crippen LogP) is 0.536. The van der Waals surface area contributed by atoms with Crippen LogP contribution in [0.2, 0.25) is 5.54 Å². The first-order chi connectivity index (χ1) is 6.83. The van der Waals surface area contributed by atoms with Crippen LogP contribution < -0.4 is 0 Å². The molecule has 0 aromatic heterocycles. The van der Waals surface area contributed by atoms with Gasteiger partial charge in [0.25, 0.3) is 0 Å². The van der Waals surface area contributed by atoms with Crippen molar-refractivity contribution in [3.8, 4) is 0 Å². The largest absolute Gasteiger partial charge is 0.378 e. The fraction of sp³-hybridized carbons (Fsp3) is 1.00. The maximum absolute atomic E-state index is 5.81. The number of epoxide rings is 1. The molecule has 0 spiro atoms. The molecule has 0 N–H and O–H groups in total. The quantitative estimate of drug-likeness (QED) is 0.502. The first-order valence-corrected chi connectivity index (χ1v) is 5.96. The van der Waals surface area contributed by atoms with Gasteiger partial charge < -0.3 is 14.2 Å². The number of hydrogen-bond donors (Lipinski definition) is 0. The molecule has 4 heteroatoms. The van der Waals surface area contributed by atoms with E-state index in [1.165, 1.54) is 12.8 Å². The SMILES string of the molecule is [Si]C1CC2CC(COCC3CO3)C1O2. The van der Waals surface area contributed by atoms with Crippen LogP contribution in [0, 0.1) is 5.92 Å². The Kier molecular flexibility index (Phi) is 2.39. The van der Waals surface area contributed by atoms with Gasteiger partial charge in [-0.1, -0.05) is 0 Å². The van der Waals surface area contributed by atoms with Crippen molar-refractivity contribution in [1.82, 2.24) is 0 Å². The van der Waals surface area contributed by atoms with Crippen LogP contribution in [0.4, 0.5) is 0 Å². The normalized spacial score (nSPS) is 49.9. The van der Waals surface area contributed by atoms with Gasteiger partial charge in [0.1, 0.15) is 6.10 Å². The van der Waals surface area contributed by atoms with E-state index in [2.05, 4.69) is 10.2 Å².